The van der Waals surface area contributed by atoms with Crippen LogP contribution in [0, 0.1) is 6.92 Å². The number of rotatable bonds is 4. The second-order valence-electron chi connectivity index (χ2n) is 5.83. The fourth-order valence-electron chi connectivity index (χ4n) is 3.34. The number of hydrogen-bond acceptors (Lipinski definition) is 3. The molecule has 6 heteroatoms. The molecule has 6 nitrogen and oxygen atoms in total. The van der Waals surface area contributed by atoms with Crippen LogP contribution in [0.3, 0.4) is 0 Å². The molecule has 1 amide bonds. The minimum absolute atomic E-state index is 0.459. The molecule has 0 radical (unpaired) electrons. The molecule has 1 aliphatic rings. The topological polar surface area (TPSA) is 99.4 Å². The molecule has 22 heavy (non-hydrogen) atoms. The number of amides is 1. The highest BCUT2D eigenvalue weighted by atomic mass is 16.4. The summed E-state index contributed by atoms with van der Waals surface area (Å²) in [5.74, 6) is -1.42. The van der Waals surface area contributed by atoms with Gasteiger partial charge in [-0.25, -0.2) is 0 Å². The van der Waals surface area contributed by atoms with Gasteiger partial charge in [-0.05, 0) is 31.9 Å². The SMILES string of the molecule is Cc1ccc2[nH]cc(C(C(=O)O)N3CCC[C@H]3C(N)=O)c2c1. The number of aryl methyl sites for hydroxylation is 1. The molecule has 1 unspecified atom stereocenters. The van der Waals surface area contributed by atoms with E-state index in [-0.39, 0.29) is 0 Å². The molecule has 2 aromatic rings. The zero-order valence-corrected chi connectivity index (χ0v) is 12.4. The largest absolute Gasteiger partial charge is 0.480 e. The van der Waals surface area contributed by atoms with Crippen LogP contribution in [-0.2, 0) is 9.59 Å². The Bertz CT molecular complexity index is 737. The molecule has 1 saturated heterocycles. The lowest BCUT2D eigenvalue weighted by molar-refractivity contribution is -0.144. The van der Waals surface area contributed by atoms with E-state index in [2.05, 4.69) is 4.98 Å². The fraction of sp³-hybridized carbons (Fsp3) is 0.375. The summed E-state index contributed by atoms with van der Waals surface area (Å²) < 4.78 is 0. The van der Waals surface area contributed by atoms with E-state index in [4.69, 9.17) is 5.73 Å². The Hall–Kier alpha value is -2.34. The van der Waals surface area contributed by atoms with E-state index in [0.717, 1.165) is 22.9 Å². The summed E-state index contributed by atoms with van der Waals surface area (Å²) in [4.78, 5) is 28.3. The number of benzene rings is 1. The molecule has 3 rings (SSSR count). The van der Waals surface area contributed by atoms with E-state index in [0.29, 0.717) is 18.5 Å². The lowest BCUT2D eigenvalue weighted by Gasteiger charge is -2.28. The summed E-state index contributed by atoms with van der Waals surface area (Å²) in [5, 5.41) is 10.6. The molecule has 0 saturated carbocycles. The van der Waals surface area contributed by atoms with Crippen molar-refractivity contribution in [2.45, 2.75) is 31.8 Å². The van der Waals surface area contributed by atoms with Crippen molar-refractivity contribution in [2.75, 3.05) is 6.54 Å². The summed E-state index contributed by atoms with van der Waals surface area (Å²) in [6.45, 7) is 2.52. The van der Waals surface area contributed by atoms with Gasteiger partial charge in [-0.1, -0.05) is 11.6 Å². The van der Waals surface area contributed by atoms with Crippen molar-refractivity contribution >= 4 is 22.8 Å². The molecular weight excluding hydrogens is 282 g/mol. The molecule has 1 aromatic carbocycles. The number of H-pyrrole nitrogens is 1. The minimum atomic E-state index is -0.962. The van der Waals surface area contributed by atoms with Gasteiger partial charge in [-0.3, -0.25) is 14.5 Å². The second-order valence-corrected chi connectivity index (χ2v) is 5.83. The summed E-state index contributed by atoms with van der Waals surface area (Å²) in [6, 6.07) is 4.49. The van der Waals surface area contributed by atoms with E-state index >= 15 is 0 Å². The third-order valence-corrected chi connectivity index (χ3v) is 4.35. The van der Waals surface area contributed by atoms with Crippen LogP contribution in [0.2, 0.25) is 0 Å². The van der Waals surface area contributed by atoms with Gasteiger partial charge < -0.3 is 15.8 Å². The van der Waals surface area contributed by atoms with Crippen LogP contribution >= 0.6 is 0 Å². The maximum Gasteiger partial charge on any atom is 0.325 e. The van der Waals surface area contributed by atoms with Crippen LogP contribution < -0.4 is 5.73 Å². The summed E-state index contributed by atoms with van der Waals surface area (Å²) >= 11 is 0. The molecule has 2 heterocycles. The highest BCUT2D eigenvalue weighted by molar-refractivity contribution is 5.90. The lowest BCUT2D eigenvalue weighted by atomic mass is 10.0. The molecule has 0 bridgehead atoms. The maximum atomic E-state index is 11.9. The first-order valence-electron chi connectivity index (χ1n) is 7.34. The molecule has 1 aromatic heterocycles. The second kappa shape index (κ2) is 5.46. The van der Waals surface area contributed by atoms with E-state index in [1.807, 2.05) is 25.1 Å². The van der Waals surface area contributed by atoms with Gasteiger partial charge in [0.2, 0.25) is 5.91 Å². The number of carbonyl (C=O) groups is 2. The number of carboxylic acids is 1. The molecule has 1 fully saturated rings. The van der Waals surface area contributed by atoms with E-state index in [9.17, 15) is 14.7 Å². The molecule has 1 aliphatic heterocycles. The van der Waals surface area contributed by atoms with Crippen molar-refractivity contribution in [2.24, 2.45) is 5.73 Å². The Morgan fingerprint density at radius 1 is 1.45 bits per heavy atom. The van der Waals surface area contributed by atoms with E-state index in [1.165, 1.54) is 0 Å². The number of primary amides is 1. The third kappa shape index (κ3) is 2.35. The number of aromatic nitrogens is 1. The van der Waals surface area contributed by atoms with Gasteiger partial charge in [0.25, 0.3) is 0 Å². The number of nitrogens with zero attached hydrogens (tertiary/aromatic N) is 1. The van der Waals surface area contributed by atoms with Crippen LogP contribution in [0.15, 0.2) is 24.4 Å². The number of carbonyl (C=O) groups excluding carboxylic acids is 1. The van der Waals surface area contributed by atoms with Gasteiger partial charge in [-0.2, -0.15) is 0 Å². The number of nitrogens with one attached hydrogen (secondary N) is 1. The summed E-state index contributed by atoms with van der Waals surface area (Å²) in [7, 11) is 0. The van der Waals surface area contributed by atoms with Crippen LogP contribution in [-0.4, -0.2) is 39.5 Å². The number of aromatic amines is 1. The summed E-state index contributed by atoms with van der Waals surface area (Å²) in [6.07, 6.45) is 3.11. The Labute approximate surface area is 127 Å². The normalized spacial score (nSPS) is 20.3. The van der Waals surface area contributed by atoms with Gasteiger partial charge >= 0.3 is 5.97 Å². The maximum absolute atomic E-state index is 11.9. The number of aliphatic carboxylic acids is 1. The van der Waals surface area contributed by atoms with Crippen LogP contribution in [0.1, 0.15) is 30.0 Å². The standard InChI is InChI=1S/C16H19N3O3/c1-9-4-5-12-10(7-9)11(8-18-12)14(16(21)22)19-6-2-3-13(19)15(17)20/h4-5,7-8,13-14,18H,2-3,6H2,1H3,(H2,17,20)(H,21,22)/t13-,14?/m0/s1. The predicted molar refractivity (Wildman–Crippen MR) is 82.3 cm³/mol. The van der Waals surface area contributed by atoms with Crippen LogP contribution in [0.4, 0.5) is 0 Å². The first-order valence-corrected chi connectivity index (χ1v) is 7.34. The Morgan fingerprint density at radius 3 is 2.91 bits per heavy atom. The van der Waals surface area contributed by atoms with Crippen LogP contribution in [0.25, 0.3) is 10.9 Å². The van der Waals surface area contributed by atoms with E-state index < -0.39 is 24.0 Å². The zero-order valence-electron chi connectivity index (χ0n) is 12.4. The quantitative estimate of drug-likeness (QED) is 0.797. The molecule has 0 aliphatic carbocycles. The lowest BCUT2D eigenvalue weighted by Crippen LogP contribution is -2.44. The smallest absolute Gasteiger partial charge is 0.325 e. The van der Waals surface area contributed by atoms with Crippen molar-refractivity contribution < 1.29 is 14.7 Å². The average molecular weight is 301 g/mol. The van der Waals surface area contributed by atoms with Gasteiger partial charge in [0, 0.05) is 29.2 Å². The van der Waals surface area contributed by atoms with Crippen LogP contribution in [0.5, 0.6) is 0 Å². The van der Waals surface area contributed by atoms with Crippen molar-refractivity contribution in [1.82, 2.24) is 9.88 Å². The monoisotopic (exact) mass is 301 g/mol. The Morgan fingerprint density at radius 2 is 2.23 bits per heavy atom. The molecule has 116 valence electrons. The Balaban J connectivity index is 2.09. The molecule has 4 N–H and O–H groups in total. The number of hydrogen-bond donors (Lipinski definition) is 3. The van der Waals surface area contributed by atoms with Crippen molar-refractivity contribution in [3.05, 3.63) is 35.5 Å². The van der Waals surface area contributed by atoms with E-state index in [1.54, 1.807) is 11.1 Å². The molecule has 2 atom stereocenters. The Kier molecular flexibility index (Phi) is 3.62. The number of nitrogens with two attached hydrogens (primary N) is 1. The average Bonchev–Trinajstić information content (AvgIpc) is 3.07. The zero-order chi connectivity index (χ0) is 15.9. The number of likely N-dealkylation sites (tertiary alicyclic amines) is 1. The highest BCUT2D eigenvalue weighted by Gasteiger charge is 2.39. The first kappa shape index (κ1) is 14.6. The van der Waals surface area contributed by atoms with Gasteiger partial charge in [0.05, 0.1) is 6.04 Å². The van der Waals surface area contributed by atoms with Gasteiger partial charge in [0.15, 0.2) is 0 Å². The van der Waals surface area contributed by atoms with Crippen molar-refractivity contribution in [3.63, 3.8) is 0 Å². The predicted octanol–water partition coefficient (Wildman–Crippen LogP) is 1.55. The third-order valence-electron chi connectivity index (χ3n) is 4.35. The highest BCUT2D eigenvalue weighted by Crippen LogP contribution is 2.34. The summed E-state index contributed by atoms with van der Waals surface area (Å²) in [5.41, 5.74) is 8.07. The number of carboxylic acid groups (broad SMARTS) is 1. The van der Waals surface area contributed by atoms with Gasteiger partial charge in [-0.15, -0.1) is 0 Å². The van der Waals surface area contributed by atoms with Crippen molar-refractivity contribution in [1.29, 1.82) is 0 Å². The molecular formula is C16H19N3O3. The first-order chi connectivity index (χ1) is 10.5. The molecule has 0 spiro atoms. The minimum Gasteiger partial charge on any atom is -0.480 e. The number of fused-ring (bicyclic) bond motifs is 1. The van der Waals surface area contributed by atoms with Crippen molar-refractivity contribution in [3.8, 4) is 0 Å². The fourth-order valence-corrected chi connectivity index (χ4v) is 3.34. The van der Waals surface area contributed by atoms with Gasteiger partial charge in [0.1, 0.15) is 6.04 Å².